The Morgan fingerprint density at radius 1 is 0.611 bits per heavy atom. The van der Waals surface area contributed by atoms with Crippen LogP contribution in [0.1, 0.15) is 75.2 Å². The highest BCUT2D eigenvalue weighted by atomic mass is 15.4. The van der Waals surface area contributed by atoms with Crippen LogP contribution in [0, 0.1) is 5.41 Å². The minimum Gasteiger partial charge on any atom is -0.300 e. The van der Waals surface area contributed by atoms with Crippen molar-refractivity contribution < 1.29 is 0 Å². The number of hydrogen-bond donors (Lipinski definition) is 0. The Hall–Kier alpha value is -0.240. The van der Waals surface area contributed by atoms with E-state index in [1.165, 1.54) is 97.9 Å². The molecule has 6 nitrogen and oxygen atoms in total. The van der Waals surface area contributed by atoms with Crippen LogP contribution in [-0.2, 0) is 0 Å². The van der Waals surface area contributed by atoms with E-state index in [-0.39, 0.29) is 0 Å². The summed E-state index contributed by atoms with van der Waals surface area (Å²) < 4.78 is 0. The summed E-state index contributed by atoms with van der Waals surface area (Å²) in [4.78, 5) is 16.3. The number of piperazine rings is 2. The first-order valence-electron chi connectivity index (χ1n) is 15.2. The highest BCUT2D eigenvalue weighted by Crippen LogP contribution is 2.30. The molecule has 0 N–H and O–H groups in total. The lowest BCUT2D eigenvalue weighted by atomic mass is 9.84. The van der Waals surface area contributed by atoms with E-state index in [0.29, 0.717) is 22.5 Å². The molecule has 0 amide bonds. The minimum atomic E-state index is 0.317. The Labute approximate surface area is 224 Å². The lowest BCUT2D eigenvalue weighted by molar-refractivity contribution is -0.0425. The fourth-order valence-corrected chi connectivity index (χ4v) is 6.90. The topological polar surface area (TPSA) is 19.4 Å². The van der Waals surface area contributed by atoms with Crippen LogP contribution >= 0.6 is 0 Å². The molecule has 1 unspecified atom stereocenters. The molecular formula is C30H60N6. The van der Waals surface area contributed by atoms with Crippen LogP contribution in [0.15, 0.2) is 0 Å². The van der Waals surface area contributed by atoms with E-state index in [4.69, 9.17) is 0 Å². The molecular weight excluding hydrogens is 444 g/mol. The molecule has 4 rings (SSSR count). The summed E-state index contributed by atoms with van der Waals surface area (Å²) in [5, 5.41) is 0. The molecule has 4 aliphatic heterocycles. The van der Waals surface area contributed by atoms with Gasteiger partial charge in [0.1, 0.15) is 0 Å². The zero-order valence-corrected chi connectivity index (χ0v) is 25.5. The van der Waals surface area contributed by atoms with Crippen LogP contribution in [0.4, 0.5) is 0 Å². The summed E-state index contributed by atoms with van der Waals surface area (Å²) >= 11 is 0. The Balaban J connectivity index is 1.09. The average molecular weight is 505 g/mol. The largest absolute Gasteiger partial charge is 0.300 e. The Bertz CT molecular complexity index is 681. The summed E-state index contributed by atoms with van der Waals surface area (Å²) in [5.74, 6) is 0. The van der Waals surface area contributed by atoms with Gasteiger partial charge in [0, 0.05) is 114 Å². The summed E-state index contributed by atoms with van der Waals surface area (Å²) in [5.41, 5.74) is 1.06. The monoisotopic (exact) mass is 504 g/mol. The number of nitrogens with zero attached hydrogens (tertiary/aromatic N) is 6. The summed E-state index contributed by atoms with van der Waals surface area (Å²) in [6.07, 6.45) is 2.67. The van der Waals surface area contributed by atoms with Gasteiger partial charge in [0.05, 0.1) is 0 Å². The van der Waals surface area contributed by atoms with E-state index in [1.54, 1.807) is 0 Å². The zero-order valence-electron chi connectivity index (χ0n) is 25.5. The second kappa shape index (κ2) is 11.1. The number of hydrogen-bond acceptors (Lipinski definition) is 6. The second-order valence-electron chi connectivity index (χ2n) is 15.4. The van der Waals surface area contributed by atoms with E-state index in [9.17, 15) is 0 Å². The molecule has 6 heteroatoms. The lowest BCUT2D eigenvalue weighted by Crippen LogP contribution is -2.67. The van der Waals surface area contributed by atoms with Gasteiger partial charge in [0.15, 0.2) is 0 Å². The molecule has 4 aliphatic rings. The molecule has 0 aromatic carbocycles. The van der Waals surface area contributed by atoms with Crippen molar-refractivity contribution in [3.8, 4) is 0 Å². The minimum absolute atomic E-state index is 0.317. The predicted octanol–water partition coefficient (Wildman–Crippen LogP) is 3.38. The van der Waals surface area contributed by atoms with Gasteiger partial charge in [-0.3, -0.25) is 29.4 Å². The highest BCUT2D eigenvalue weighted by molar-refractivity contribution is 4.96. The van der Waals surface area contributed by atoms with E-state index in [2.05, 4.69) is 91.7 Å². The van der Waals surface area contributed by atoms with Crippen LogP contribution < -0.4 is 0 Å². The molecule has 0 bridgehead atoms. The van der Waals surface area contributed by atoms with Gasteiger partial charge in [-0.1, -0.05) is 13.8 Å². The third-order valence-electron chi connectivity index (χ3n) is 9.91. The molecule has 0 aromatic heterocycles. The average Bonchev–Trinajstić information content (AvgIpc) is 2.72. The predicted molar refractivity (Wildman–Crippen MR) is 154 cm³/mol. The third kappa shape index (κ3) is 7.24. The zero-order chi connectivity index (χ0) is 26.3. The van der Waals surface area contributed by atoms with Gasteiger partial charge in [0.25, 0.3) is 0 Å². The molecule has 0 saturated carbocycles. The molecule has 4 fully saturated rings. The molecule has 0 radical (unpaired) electrons. The SMILES string of the molecule is CC(CCC(C)(C)CN1CC(N2CCN(C(C)(C)C)CC2)C1)N1CCN(C2CN(C(C)(C)C)C2)CC1. The molecule has 0 spiro atoms. The molecule has 36 heavy (non-hydrogen) atoms. The van der Waals surface area contributed by atoms with Crippen molar-refractivity contribution in [1.82, 2.24) is 29.4 Å². The first kappa shape index (κ1) is 28.8. The van der Waals surface area contributed by atoms with E-state index >= 15 is 0 Å². The normalized spacial score (nSPS) is 27.2. The first-order chi connectivity index (χ1) is 16.7. The highest BCUT2D eigenvalue weighted by Gasteiger charge is 2.39. The van der Waals surface area contributed by atoms with Crippen molar-refractivity contribution in [2.45, 2.75) is 104 Å². The lowest BCUT2D eigenvalue weighted by Gasteiger charge is -2.53. The van der Waals surface area contributed by atoms with Gasteiger partial charge in [-0.2, -0.15) is 0 Å². The van der Waals surface area contributed by atoms with Gasteiger partial charge >= 0.3 is 0 Å². The van der Waals surface area contributed by atoms with Gasteiger partial charge < -0.3 is 0 Å². The summed E-state index contributed by atoms with van der Waals surface area (Å²) in [6.45, 7) is 37.9. The van der Waals surface area contributed by atoms with Gasteiger partial charge in [-0.15, -0.1) is 0 Å². The van der Waals surface area contributed by atoms with Crippen molar-refractivity contribution in [1.29, 1.82) is 0 Å². The number of likely N-dealkylation sites (tertiary alicyclic amines) is 2. The second-order valence-corrected chi connectivity index (χ2v) is 15.4. The maximum atomic E-state index is 2.77. The maximum Gasteiger partial charge on any atom is 0.0351 e. The van der Waals surface area contributed by atoms with E-state index < -0.39 is 0 Å². The fourth-order valence-electron chi connectivity index (χ4n) is 6.90. The third-order valence-corrected chi connectivity index (χ3v) is 9.91. The summed E-state index contributed by atoms with van der Waals surface area (Å²) in [6, 6.07) is 2.30. The van der Waals surface area contributed by atoms with Crippen LogP contribution in [0.5, 0.6) is 0 Å². The first-order valence-corrected chi connectivity index (χ1v) is 15.2. The molecule has 1 atom stereocenters. The fraction of sp³-hybridized carbons (Fsp3) is 1.00. The van der Waals surface area contributed by atoms with Crippen molar-refractivity contribution in [2.75, 3.05) is 85.1 Å². The Morgan fingerprint density at radius 3 is 1.58 bits per heavy atom. The Morgan fingerprint density at radius 2 is 1.08 bits per heavy atom. The molecule has 0 aromatic rings. The van der Waals surface area contributed by atoms with Crippen LogP contribution in [0.2, 0.25) is 0 Å². The van der Waals surface area contributed by atoms with Crippen molar-refractivity contribution in [3.05, 3.63) is 0 Å². The smallest absolute Gasteiger partial charge is 0.0351 e. The van der Waals surface area contributed by atoms with Crippen molar-refractivity contribution >= 4 is 0 Å². The quantitative estimate of drug-likeness (QED) is 0.501. The summed E-state index contributed by atoms with van der Waals surface area (Å²) in [7, 11) is 0. The van der Waals surface area contributed by atoms with Crippen LogP contribution in [-0.4, -0.2) is 144 Å². The maximum absolute atomic E-state index is 2.77. The van der Waals surface area contributed by atoms with Gasteiger partial charge in [0.2, 0.25) is 0 Å². The molecule has 4 saturated heterocycles. The molecule has 210 valence electrons. The van der Waals surface area contributed by atoms with E-state index in [0.717, 1.165) is 12.1 Å². The standard InChI is InChI=1S/C30H60N6/c1-25(32-12-14-33(15-13-32)27-22-36(23-27)29(5,6)7)10-11-30(8,9)24-31-20-26(21-31)34-16-18-35(19-17-34)28(2,3)4/h25-27H,10-24H2,1-9H3. The Kier molecular flexibility index (Phi) is 8.86. The molecule has 0 aliphatic carbocycles. The van der Waals surface area contributed by atoms with Crippen LogP contribution in [0.25, 0.3) is 0 Å². The van der Waals surface area contributed by atoms with Crippen LogP contribution in [0.3, 0.4) is 0 Å². The van der Waals surface area contributed by atoms with Crippen molar-refractivity contribution in [2.24, 2.45) is 5.41 Å². The number of rotatable bonds is 8. The van der Waals surface area contributed by atoms with Gasteiger partial charge in [-0.25, -0.2) is 0 Å². The van der Waals surface area contributed by atoms with Crippen molar-refractivity contribution in [3.63, 3.8) is 0 Å². The van der Waals surface area contributed by atoms with E-state index in [1.807, 2.05) is 0 Å². The van der Waals surface area contributed by atoms with Gasteiger partial charge in [-0.05, 0) is 66.7 Å². The molecule has 4 heterocycles.